The first kappa shape index (κ1) is 25.9. The third kappa shape index (κ3) is 7.38. The minimum absolute atomic E-state index is 0.226. The Kier molecular flexibility index (Phi) is 8.98. The van der Waals surface area contributed by atoms with E-state index in [2.05, 4.69) is 34.8 Å². The Balaban J connectivity index is 1.36. The number of methoxy groups -OCH3 is 1. The maximum atomic E-state index is 14.8. The average Bonchev–Trinajstić information content (AvgIpc) is 2.86. The Bertz CT molecular complexity index is 942. The van der Waals surface area contributed by atoms with Crippen LogP contribution in [0.5, 0.6) is 0 Å². The summed E-state index contributed by atoms with van der Waals surface area (Å²) in [4.78, 5) is 4.33. The molecule has 0 bridgehead atoms. The summed E-state index contributed by atoms with van der Waals surface area (Å²) in [5, 5.41) is 10.8. The second-order valence-electron chi connectivity index (χ2n) is 10.6. The van der Waals surface area contributed by atoms with Crippen LogP contribution in [0.25, 0.3) is 11.1 Å². The van der Waals surface area contributed by atoms with E-state index in [0.717, 1.165) is 82.0 Å². The molecule has 7 heteroatoms. The van der Waals surface area contributed by atoms with Gasteiger partial charge in [-0.15, -0.1) is 0 Å². The number of aromatic nitrogens is 1. The van der Waals surface area contributed by atoms with Gasteiger partial charge < -0.3 is 25.4 Å². The molecule has 6 nitrogen and oxygen atoms in total. The molecule has 2 heterocycles. The molecule has 0 unspecified atom stereocenters. The fourth-order valence-electron chi connectivity index (χ4n) is 5.21. The molecule has 1 saturated heterocycles. The van der Waals surface area contributed by atoms with E-state index in [1.54, 1.807) is 7.11 Å². The number of benzene rings is 1. The van der Waals surface area contributed by atoms with E-state index in [1.165, 1.54) is 6.20 Å². The van der Waals surface area contributed by atoms with Crippen molar-refractivity contribution in [1.29, 1.82) is 0 Å². The van der Waals surface area contributed by atoms with Gasteiger partial charge in [-0.25, -0.2) is 9.37 Å². The van der Waals surface area contributed by atoms with E-state index in [9.17, 15) is 4.39 Å². The molecule has 1 aliphatic carbocycles. The number of hydrogen-bond acceptors (Lipinski definition) is 6. The molecule has 2 fully saturated rings. The first-order valence-electron chi connectivity index (χ1n) is 13.0. The number of rotatable bonds is 10. The molecule has 1 aromatic carbocycles. The minimum Gasteiger partial charge on any atom is -0.384 e. The number of halogens is 1. The smallest absolute Gasteiger partial charge is 0.149 e. The van der Waals surface area contributed by atoms with Crippen molar-refractivity contribution in [3.63, 3.8) is 0 Å². The van der Waals surface area contributed by atoms with Crippen molar-refractivity contribution in [3.8, 4) is 11.1 Å². The van der Waals surface area contributed by atoms with Gasteiger partial charge in [-0.05, 0) is 74.6 Å². The van der Waals surface area contributed by atoms with Crippen LogP contribution in [0, 0.1) is 11.2 Å². The summed E-state index contributed by atoms with van der Waals surface area (Å²) in [6.45, 7) is 7.71. The van der Waals surface area contributed by atoms with Crippen molar-refractivity contribution < 1.29 is 13.9 Å². The van der Waals surface area contributed by atoms with Crippen molar-refractivity contribution in [1.82, 2.24) is 10.3 Å². The van der Waals surface area contributed by atoms with Crippen molar-refractivity contribution in [2.24, 2.45) is 5.41 Å². The summed E-state index contributed by atoms with van der Waals surface area (Å²) in [6.07, 6.45) is 7.79. The first-order chi connectivity index (χ1) is 16.9. The highest BCUT2D eigenvalue weighted by molar-refractivity contribution is 5.70. The standard InChI is InChI=1S/C28H41FN4O2/c1-20(18-34-3)32-22-7-9-23(10-8-22)33-27-16-25(26(29)17-30-27)21-5-4-6-24(15-21)31-19-28(2)11-13-35-14-12-28/h4-6,15-17,20,22-23,31-32H,7-14,18-19H2,1-3H3,(H,30,33)/t20-,22-,23-/m0/s1. The highest BCUT2D eigenvalue weighted by Crippen LogP contribution is 2.32. The van der Waals surface area contributed by atoms with Crippen molar-refractivity contribution in [3.05, 3.63) is 42.3 Å². The molecular weight excluding hydrogens is 443 g/mol. The lowest BCUT2D eigenvalue weighted by atomic mass is 9.82. The van der Waals surface area contributed by atoms with Crippen molar-refractivity contribution in [2.75, 3.05) is 44.1 Å². The Morgan fingerprint density at radius 2 is 1.89 bits per heavy atom. The Morgan fingerprint density at radius 1 is 1.14 bits per heavy atom. The third-order valence-electron chi connectivity index (χ3n) is 7.46. The average molecular weight is 485 g/mol. The lowest BCUT2D eigenvalue weighted by molar-refractivity contribution is 0.0300. The van der Waals surface area contributed by atoms with Gasteiger partial charge in [0.1, 0.15) is 11.6 Å². The molecule has 192 valence electrons. The SMILES string of the molecule is COC[C@H](C)N[C@H]1CC[C@H](Nc2cc(-c3cccc(NCC4(C)CCOCC4)c3)c(F)cn2)CC1. The van der Waals surface area contributed by atoms with Crippen molar-refractivity contribution >= 4 is 11.5 Å². The van der Waals surface area contributed by atoms with E-state index in [4.69, 9.17) is 9.47 Å². The predicted octanol–water partition coefficient (Wildman–Crippen LogP) is 5.46. The second kappa shape index (κ2) is 12.2. The molecule has 2 aliphatic rings. The molecular formula is C28H41FN4O2. The van der Waals surface area contributed by atoms with Crippen LogP contribution >= 0.6 is 0 Å². The van der Waals surface area contributed by atoms with E-state index in [-0.39, 0.29) is 11.2 Å². The summed E-state index contributed by atoms with van der Waals surface area (Å²) in [6, 6.07) is 11.1. The summed E-state index contributed by atoms with van der Waals surface area (Å²) in [5.41, 5.74) is 2.67. The van der Waals surface area contributed by atoms with Gasteiger partial charge in [0.25, 0.3) is 0 Å². The van der Waals surface area contributed by atoms with Crippen LogP contribution in [-0.2, 0) is 9.47 Å². The van der Waals surface area contributed by atoms with Crippen LogP contribution in [-0.4, -0.2) is 56.6 Å². The zero-order chi connectivity index (χ0) is 24.7. The molecule has 1 saturated carbocycles. The minimum atomic E-state index is -0.302. The first-order valence-corrected chi connectivity index (χ1v) is 13.0. The molecule has 0 amide bonds. The summed E-state index contributed by atoms with van der Waals surface area (Å²) in [5.74, 6) is 0.433. The molecule has 1 atom stereocenters. The number of nitrogens with zero attached hydrogens (tertiary/aromatic N) is 1. The zero-order valence-electron chi connectivity index (χ0n) is 21.4. The van der Waals surface area contributed by atoms with Gasteiger partial charge >= 0.3 is 0 Å². The third-order valence-corrected chi connectivity index (χ3v) is 7.46. The fraction of sp³-hybridized carbons (Fsp3) is 0.607. The van der Waals surface area contributed by atoms with Gasteiger partial charge in [0, 0.05) is 56.2 Å². The Labute approximate surface area is 209 Å². The number of ether oxygens (including phenoxy) is 2. The number of pyridine rings is 1. The maximum absolute atomic E-state index is 14.8. The van der Waals surface area contributed by atoms with E-state index >= 15 is 0 Å². The summed E-state index contributed by atoms with van der Waals surface area (Å²) in [7, 11) is 1.74. The van der Waals surface area contributed by atoms with Gasteiger partial charge in [-0.2, -0.15) is 0 Å². The molecule has 4 rings (SSSR count). The number of hydrogen-bond donors (Lipinski definition) is 3. The van der Waals surface area contributed by atoms with Crippen LogP contribution in [0.4, 0.5) is 15.9 Å². The lowest BCUT2D eigenvalue weighted by Crippen LogP contribution is -2.42. The Morgan fingerprint density at radius 3 is 2.63 bits per heavy atom. The van der Waals surface area contributed by atoms with E-state index in [1.807, 2.05) is 30.3 Å². The van der Waals surface area contributed by atoms with Crippen molar-refractivity contribution in [2.45, 2.75) is 70.5 Å². The molecule has 3 N–H and O–H groups in total. The fourth-order valence-corrected chi connectivity index (χ4v) is 5.21. The molecule has 35 heavy (non-hydrogen) atoms. The quantitative estimate of drug-likeness (QED) is 0.416. The maximum Gasteiger partial charge on any atom is 0.149 e. The van der Waals surface area contributed by atoms with E-state index in [0.29, 0.717) is 23.7 Å². The topological polar surface area (TPSA) is 67.4 Å². The highest BCUT2D eigenvalue weighted by Gasteiger charge is 2.27. The lowest BCUT2D eigenvalue weighted by Gasteiger charge is -2.34. The van der Waals surface area contributed by atoms with Crippen LogP contribution in [0.2, 0.25) is 0 Å². The van der Waals surface area contributed by atoms with Crippen LogP contribution in [0.3, 0.4) is 0 Å². The summed E-state index contributed by atoms with van der Waals surface area (Å²) >= 11 is 0. The highest BCUT2D eigenvalue weighted by atomic mass is 19.1. The Hall–Kier alpha value is -2.22. The molecule has 2 aromatic rings. The van der Waals surface area contributed by atoms with E-state index < -0.39 is 0 Å². The molecule has 0 spiro atoms. The monoisotopic (exact) mass is 484 g/mol. The normalized spacial score (nSPS) is 23.0. The molecule has 0 radical (unpaired) electrons. The van der Waals surface area contributed by atoms with Gasteiger partial charge in [0.05, 0.1) is 12.8 Å². The second-order valence-corrected chi connectivity index (χ2v) is 10.6. The van der Waals surface area contributed by atoms with Gasteiger partial charge in [-0.3, -0.25) is 0 Å². The molecule has 1 aromatic heterocycles. The molecule has 1 aliphatic heterocycles. The predicted molar refractivity (Wildman–Crippen MR) is 140 cm³/mol. The van der Waals surface area contributed by atoms with Crippen LogP contribution in [0.15, 0.2) is 36.5 Å². The largest absolute Gasteiger partial charge is 0.384 e. The number of anilines is 2. The van der Waals surface area contributed by atoms with Gasteiger partial charge in [-0.1, -0.05) is 19.1 Å². The van der Waals surface area contributed by atoms with Crippen LogP contribution in [0.1, 0.15) is 52.4 Å². The van der Waals surface area contributed by atoms with Gasteiger partial charge in [0.2, 0.25) is 0 Å². The number of nitrogens with one attached hydrogen (secondary N) is 3. The summed E-state index contributed by atoms with van der Waals surface area (Å²) < 4.78 is 25.5. The van der Waals surface area contributed by atoms with Crippen LogP contribution < -0.4 is 16.0 Å². The van der Waals surface area contributed by atoms with Gasteiger partial charge in [0.15, 0.2) is 0 Å². The zero-order valence-corrected chi connectivity index (χ0v) is 21.4.